The minimum Gasteiger partial charge on any atom is -0.352 e. The van der Waals surface area contributed by atoms with Crippen molar-refractivity contribution in [3.63, 3.8) is 0 Å². The highest BCUT2D eigenvalue weighted by Gasteiger charge is 2.33. The number of alkyl halides is 3. The molecule has 0 aliphatic carbocycles. The number of aliphatic imine (C=N–C) groups is 1. The van der Waals surface area contributed by atoms with Gasteiger partial charge in [-0.25, -0.2) is 4.39 Å². The molecule has 31 heavy (non-hydrogen) atoms. The fraction of sp³-hybridized carbons (Fsp3) is 0.238. The lowest BCUT2D eigenvalue weighted by molar-refractivity contribution is -0.138. The van der Waals surface area contributed by atoms with Crippen molar-refractivity contribution in [2.75, 3.05) is 7.05 Å². The molecule has 1 heterocycles. The zero-order chi connectivity index (χ0) is 21.6. The number of halogens is 5. The van der Waals surface area contributed by atoms with E-state index in [0.717, 1.165) is 23.3 Å². The molecular formula is C21H22F4IN5. The van der Waals surface area contributed by atoms with E-state index in [2.05, 4.69) is 20.7 Å². The van der Waals surface area contributed by atoms with Crippen molar-refractivity contribution in [3.05, 3.63) is 89.0 Å². The molecule has 0 saturated heterocycles. The maximum absolute atomic E-state index is 13.2. The molecule has 0 saturated carbocycles. The predicted octanol–water partition coefficient (Wildman–Crippen LogP) is 4.57. The van der Waals surface area contributed by atoms with E-state index >= 15 is 0 Å². The van der Waals surface area contributed by atoms with Crippen molar-refractivity contribution >= 4 is 29.9 Å². The Morgan fingerprint density at radius 3 is 2.45 bits per heavy atom. The van der Waals surface area contributed by atoms with Crippen LogP contribution in [0.5, 0.6) is 0 Å². The van der Waals surface area contributed by atoms with Crippen LogP contribution >= 0.6 is 24.0 Å². The molecule has 0 spiro atoms. The molecule has 3 aromatic rings. The van der Waals surface area contributed by atoms with E-state index < -0.39 is 17.6 Å². The molecular weight excluding hydrogens is 525 g/mol. The predicted molar refractivity (Wildman–Crippen MR) is 122 cm³/mol. The molecule has 0 aliphatic rings. The van der Waals surface area contributed by atoms with E-state index in [-0.39, 0.29) is 36.1 Å². The number of rotatable bonds is 6. The number of aromatic nitrogens is 2. The molecule has 166 valence electrons. The van der Waals surface area contributed by atoms with Gasteiger partial charge in [-0.1, -0.05) is 30.3 Å². The van der Waals surface area contributed by atoms with Crippen LogP contribution in [0.3, 0.4) is 0 Å². The average Bonchev–Trinajstić information content (AvgIpc) is 3.21. The number of nitrogens with one attached hydrogen (secondary N) is 2. The van der Waals surface area contributed by atoms with E-state index in [1.54, 1.807) is 6.20 Å². The molecule has 0 aliphatic heterocycles. The highest BCUT2D eigenvalue weighted by Crippen LogP contribution is 2.32. The second-order valence-corrected chi connectivity index (χ2v) is 6.60. The molecule has 10 heteroatoms. The highest BCUT2D eigenvalue weighted by molar-refractivity contribution is 14.0. The van der Waals surface area contributed by atoms with Crippen LogP contribution in [0.4, 0.5) is 17.6 Å². The third-order valence-corrected chi connectivity index (χ3v) is 4.40. The molecule has 0 unspecified atom stereocenters. The summed E-state index contributed by atoms with van der Waals surface area (Å²) in [6.45, 7) is 0.925. The Balaban J connectivity index is 0.00000341. The molecule has 0 amide bonds. The Labute approximate surface area is 194 Å². The first kappa shape index (κ1) is 24.6. The molecule has 3 rings (SSSR count). The topological polar surface area (TPSA) is 54.2 Å². The lowest BCUT2D eigenvalue weighted by Crippen LogP contribution is -2.36. The summed E-state index contributed by atoms with van der Waals surface area (Å²) in [5, 5.41) is 10.1. The zero-order valence-corrected chi connectivity index (χ0v) is 19.0. The van der Waals surface area contributed by atoms with Gasteiger partial charge in [-0.3, -0.25) is 9.67 Å². The Kier molecular flexibility index (Phi) is 8.84. The lowest BCUT2D eigenvalue weighted by Gasteiger charge is -2.16. The summed E-state index contributed by atoms with van der Waals surface area (Å²) in [5.74, 6) is -0.589. The van der Waals surface area contributed by atoms with Crippen molar-refractivity contribution in [3.8, 4) is 0 Å². The van der Waals surface area contributed by atoms with Crippen molar-refractivity contribution in [2.24, 2.45) is 4.99 Å². The Morgan fingerprint density at radius 1 is 1.03 bits per heavy atom. The van der Waals surface area contributed by atoms with Gasteiger partial charge in [-0.15, -0.1) is 24.0 Å². The summed E-state index contributed by atoms with van der Waals surface area (Å²) in [5.41, 5.74) is 0.993. The molecule has 2 aromatic carbocycles. The number of benzene rings is 2. The van der Waals surface area contributed by atoms with E-state index in [9.17, 15) is 17.6 Å². The Morgan fingerprint density at radius 2 is 1.77 bits per heavy atom. The van der Waals surface area contributed by atoms with Crippen LogP contribution in [0.25, 0.3) is 0 Å². The van der Waals surface area contributed by atoms with Gasteiger partial charge in [0, 0.05) is 32.5 Å². The number of hydrogen-bond donors (Lipinski definition) is 2. The van der Waals surface area contributed by atoms with Crippen LogP contribution in [0.15, 0.2) is 65.9 Å². The SMILES string of the molecule is CN=C(NCc1cccc(Cn2cccn2)c1)NCc1ccc(F)cc1C(F)(F)F.I. The first-order valence-corrected chi connectivity index (χ1v) is 9.20. The first-order valence-electron chi connectivity index (χ1n) is 9.20. The van der Waals surface area contributed by atoms with Gasteiger partial charge in [0.2, 0.25) is 0 Å². The molecule has 2 N–H and O–H groups in total. The van der Waals surface area contributed by atoms with Gasteiger partial charge in [0.05, 0.1) is 12.1 Å². The van der Waals surface area contributed by atoms with Crippen molar-refractivity contribution in [2.45, 2.75) is 25.8 Å². The summed E-state index contributed by atoms with van der Waals surface area (Å²) in [7, 11) is 1.53. The van der Waals surface area contributed by atoms with Crippen molar-refractivity contribution in [1.29, 1.82) is 0 Å². The van der Waals surface area contributed by atoms with Gasteiger partial charge in [0.25, 0.3) is 0 Å². The summed E-state index contributed by atoms with van der Waals surface area (Å²) >= 11 is 0. The zero-order valence-electron chi connectivity index (χ0n) is 16.7. The van der Waals surface area contributed by atoms with Gasteiger partial charge in [-0.2, -0.15) is 18.3 Å². The fourth-order valence-corrected chi connectivity index (χ4v) is 2.97. The van der Waals surface area contributed by atoms with Crippen LogP contribution in [-0.2, 0) is 25.8 Å². The van der Waals surface area contributed by atoms with E-state index in [1.165, 1.54) is 7.05 Å². The van der Waals surface area contributed by atoms with Crippen molar-refractivity contribution < 1.29 is 17.6 Å². The molecule has 5 nitrogen and oxygen atoms in total. The van der Waals surface area contributed by atoms with E-state index in [0.29, 0.717) is 25.1 Å². The molecule has 0 radical (unpaired) electrons. The second-order valence-electron chi connectivity index (χ2n) is 6.60. The van der Waals surface area contributed by atoms with Crippen LogP contribution in [0.1, 0.15) is 22.3 Å². The van der Waals surface area contributed by atoms with Gasteiger partial charge >= 0.3 is 6.18 Å². The van der Waals surface area contributed by atoms with Crippen LogP contribution in [0, 0.1) is 5.82 Å². The molecule has 0 atom stereocenters. The number of hydrogen-bond acceptors (Lipinski definition) is 2. The number of guanidine groups is 1. The largest absolute Gasteiger partial charge is 0.416 e. The third-order valence-electron chi connectivity index (χ3n) is 4.40. The van der Waals surface area contributed by atoms with Crippen molar-refractivity contribution in [1.82, 2.24) is 20.4 Å². The third kappa shape index (κ3) is 7.23. The maximum atomic E-state index is 13.2. The summed E-state index contributed by atoms with van der Waals surface area (Å²) < 4.78 is 54.4. The Hall–Kier alpha value is -2.63. The maximum Gasteiger partial charge on any atom is 0.416 e. The lowest BCUT2D eigenvalue weighted by atomic mass is 10.1. The minimum atomic E-state index is -4.63. The number of nitrogens with zero attached hydrogens (tertiary/aromatic N) is 3. The van der Waals surface area contributed by atoms with Crippen LogP contribution in [0.2, 0.25) is 0 Å². The van der Waals surface area contributed by atoms with Gasteiger partial charge < -0.3 is 10.6 Å². The normalized spacial score (nSPS) is 11.7. The summed E-state index contributed by atoms with van der Waals surface area (Å²) in [6.07, 6.45) is -1.04. The monoisotopic (exact) mass is 547 g/mol. The van der Waals surface area contributed by atoms with Gasteiger partial charge in [0.1, 0.15) is 5.82 Å². The standard InChI is InChI=1S/C21H21F4N5.HI/c1-26-20(28-13-17-6-7-18(22)11-19(17)21(23,24)25)27-12-15-4-2-5-16(10-15)14-30-9-3-8-29-30;/h2-11H,12-14H2,1H3,(H2,26,27,28);1H. The van der Waals surface area contributed by atoms with Gasteiger partial charge in [0.15, 0.2) is 5.96 Å². The second kappa shape index (κ2) is 11.1. The first-order chi connectivity index (χ1) is 14.3. The fourth-order valence-electron chi connectivity index (χ4n) is 2.97. The summed E-state index contributed by atoms with van der Waals surface area (Å²) in [4.78, 5) is 4.04. The molecule has 0 bridgehead atoms. The molecule has 1 aromatic heterocycles. The summed E-state index contributed by atoms with van der Waals surface area (Å²) in [6, 6.07) is 12.4. The quantitative estimate of drug-likeness (QED) is 0.206. The van der Waals surface area contributed by atoms with Crippen LogP contribution < -0.4 is 10.6 Å². The minimum absolute atomic E-state index is 0. The van der Waals surface area contributed by atoms with Crippen LogP contribution in [-0.4, -0.2) is 22.8 Å². The average molecular weight is 547 g/mol. The highest BCUT2D eigenvalue weighted by atomic mass is 127. The van der Waals surface area contributed by atoms with Gasteiger partial charge in [-0.05, 0) is 34.9 Å². The van der Waals surface area contributed by atoms with E-state index in [1.807, 2.05) is 41.2 Å². The van der Waals surface area contributed by atoms with E-state index in [4.69, 9.17) is 0 Å². The smallest absolute Gasteiger partial charge is 0.352 e. The molecule has 0 fully saturated rings. The Bertz CT molecular complexity index is 1000.